The Bertz CT molecular complexity index is 807. The van der Waals surface area contributed by atoms with Gasteiger partial charge in [0.25, 0.3) is 5.91 Å². The van der Waals surface area contributed by atoms with Gasteiger partial charge in [-0.15, -0.1) is 10.2 Å². The first-order valence-electron chi connectivity index (χ1n) is 9.80. The Morgan fingerprint density at radius 3 is 2.57 bits per heavy atom. The Morgan fingerprint density at radius 2 is 1.89 bits per heavy atom. The zero-order chi connectivity index (χ0) is 20.1. The van der Waals surface area contributed by atoms with Gasteiger partial charge in [-0.2, -0.15) is 0 Å². The van der Waals surface area contributed by atoms with Crippen LogP contribution in [0.1, 0.15) is 44.6 Å². The third-order valence-electron chi connectivity index (χ3n) is 5.06. The van der Waals surface area contributed by atoms with E-state index in [1.165, 1.54) is 0 Å². The fourth-order valence-corrected chi connectivity index (χ4v) is 3.17. The lowest BCUT2D eigenvalue weighted by atomic mass is 9.99. The maximum atomic E-state index is 12.4. The zero-order valence-electron chi connectivity index (χ0n) is 16.7. The molecule has 0 saturated carbocycles. The van der Waals surface area contributed by atoms with E-state index in [9.17, 15) is 9.59 Å². The van der Waals surface area contributed by atoms with Crippen LogP contribution in [0.4, 0.5) is 0 Å². The monoisotopic (exact) mass is 385 g/mol. The lowest BCUT2D eigenvalue weighted by molar-refractivity contribution is -0.159. The average molecular weight is 385 g/mol. The highest BCUT2D eigenvalue weighted by molar-refractivity contribution is 5.83. The number of piperidine rings is 1. The van der Waals surface area contributed by atoms with Crippen molar-refractivity contribution in [2.24, 2.45) is 5.92 Å². The summed E-state index contributed by atoms with van der Waals surface area (Å²) in [6, 6.07) is 7.76. The van der Waals surface area contributed by atoms with Gasteiger partial charge in [0, 0.05) is 25.1 Å². The fraction of sp³-hybridized carbons (Fsp3) is 0.524. The summed E-state index contributed by atoms with van der Waals surface area (Å²) in [4.78, 5) is 26.3. The van der Waals surface area contributed by atoms with Crippen LogP contribution in [0, 0.1) is 12.8 Å². The first kappa shape index (κ1) is 20.0. The molecule has 1 aliphatic rings. The van der Waals surface area contributed by atoms with Crippen LogP contribution in [0.15, 0.2) is 28.7 Å². The minimum Gasteiger partial charge on any atom is -0.453 e. The second-order valence-corrected chi connectivity index (χ2v) is 7.51. The van der Waals surface area contributed by atoms with Crippen molar-refractivity contribution in [3.05, 3.63) is 35.7 Å². The maximum absolute atomic E-state index is 12.4. The minimum absolute atomic E-state index is 0.0875. The van der Waals surface area contributed by atoms with Crippen LogP contribution in [-0.4, -0.2) is 46.2 Å². The molecule has 2 aromatic rings. The molecule has 3 rings (SSSR count). The topological polar surface area (TPSA) is 85.5 Å². The molecule has 1 amide bonds. The summed E-state index contributed by atoms with van der Waals surface area (Å²) in [5.41, 5.74) is 1.98. The van der Waals surface area contributed by atoms with E-state index in [4.69, 9.17) is 9.15 Å². The molecular weight excluding hydrogens is 358 g/mol. The summed E-state index contributed by atoms with van der Waals surface area (Å²) in [6.45, 7) is 7.27. The summed E-state index contributed by atoms with van der Waals surface area (Å²) >= 11 is 0. The molecule has 0 radical (unpaired) electrons. The van der Waals surface area contributed by atoms with Gasteiger partial charge in [0.1, 0.15) is 0 Å². The number of carbonyl (C=O) groups is 2. The van der Waals surface area contributed by atoms with Gasteiger partial charge in [-0.1, -0.05) is 24.6 Å². The molecule has 1 fully saturated rings. The summed E-state index contributed by atoms with van der Waals surface area (Å²) in [5.74, 6) is 0.866. The van der Waals surface area contributed by atoms with Crippen LogP contribution >= 0.6 is 0 Å². The first-order valence-corrected chi connectivity index (χ1v) is 9.80. The molecule has 28 heavy (non-hydrogen) atoms. The quantitative estimate of drug-likeness (QED) is 0.710. The van der Waals surface area contributed by atoms with Crippen LogP contribution in [0.25, 0.3) is 11.5 Å². The third kappa shape index (κ3) is 5.18. The standard InChI is InChI=1S/C21H27N3O4/c1-14-4-6-17(7-5-14)20-23-22-18(28-20)8-9-19(25)27-16(3)21(26)24-12-10-15(2)11-13-24/h4-7,15-16H,8-13H2,1-3H3. The van der Waals surface area contributed by atoms with Crippen LogP contribution in [0.5, 0.6) is 0 Å². The number of aryl methyl sites for hydroxylation is 2. The highest BCUT2D eigenvalue weighted by Crippen LogP contribution is 2.19. The predicted molar refractivity (Wildman–Crippen MR) is 103 cm³/mol. The van der Waals surface area contributed by atoms with E-state index >= 15 is 0 Å². The largest absolute Gasteiger partial charge is 0.453 e. The van der Waals surface area contributed by atoms with E-state index in [2.05, 4.69) is 17.1 Å². The molecule has 1 aliphatic heterocycles. The molecule has 1 unspecified atom stereocenters. The summed E-state index contributed by atoms with van der Waals surface area (Å²) in [6.07, 6.45) is 1.58. The number of rotatable bonds is 6. The van der Waals surface area contributed by atoms with E-state index in [-0.39, 0.29) is 18.7 Å². The van der Waals surface area contributed by atoms with Gasteiger partial charge in [-0.25, -0.2) is 0 Å². The van der Waals surface area contributed by atoms with Crippen molar-refractivity contribution < 1.29 is 18.7 Å². The molecule has 7 nitrogen and oxygen atoms in total. The fourth-order valence-electron chi connectivity index (χ4n) is 3.17. The molecule has 150 valence electrons. The number of amides is 1. The number of ether oxygens (including phenoxy) is 1. The van der Waals surface area contributed by atoms with Gasteiger partial charge in [-0.05, 0) is 44.7 Å². The van der Waals surface area contributed by atoms with Crippen molar-refractivity contribution >= 4 is 11.9 Å². The van der Waals surface area contributed by atoms with Crippen LogP contribution in [0.3, 0.4) is 0 Å². The number of esters is 1. The number of carbonyl (C=O) groups excluding carboxylic acids is 2. The Kier molecular flexibility index (Phi) is 6.44. The summed E-state index contributed by atoms with van der Waals surface area (Å²) in [5, 5.41) is 8.00. The van der Waals surface area contributed by atoms with Crippen molar-refractivity contribution in [2.45, 2.75) is 52.6 Å². The van der Waals surface area contributed by atoms with Gasteiger partial charge in [0.15, 0.2) is 6.10 Å². The molecule has 7 heteroatoms. The normalized spacial score (nSPS) is 16.0. The van der Waals surface area contributed by atoms with Crippen LogP contribution < -0.4 is 0 Å². The summed E-state index contributed by atoms with van der Waals surface area (Å²) < 4.78 is 10.9. The third-order valence-corrected chi connectivity index (χ3v) is 5.06. The van der Waals surface area contributed by atoms with Gasteiger partial charge >= 0.3 is 5.97 Å². The van der Waals surface area contributed by atoms with Gasteiger partial charge in [0.2, 0.25) is 11.8 Å². The molecule has 0 spiro atoms. The molecular formula is C21H27N3O4. The molecule has 1 aromatic carbocycles. The lowest BCUT2D eigenvalue weighted by Gasteiger charge is -2.31. The Morgan fingerprint density at radius 1 is 1.21 bits per heavy atom. The van der Waals surface area contributed by atoms with Crippen molar-refractivity contribution in [1.29, 1.82) is 0 Å². The maximum Gasteiger partial charge on any atom is 0.307 e. The predicted octanol–water partition coefficient (Wildman–Crippen LogP) is 3.17. The van der Waals surface area contributed by atoms with Crippen LogP contribution in [-0.2, 0) is 20.7 Å². The van der Waals surface area contributed by atoms with Gasteiger partial charge in [0.05, 0.1) is 6.42 Å². The zero-order valence-corrected chi connectivity index (χ0v) is 16.7. The minimum atomic E-state index is -0.772. The van der Waals surface area contributed by atoms with Crippen molar-refractivity contribution in [1.82, 2.24) is 15.1 Å². The Hall–Kier alpha value is -2.70. The highest BCUT2D eigenvalue weighted by atomic mass is 16.5. The van der Waals surface area contributed by atoms with E-state index in [1.54, 1.807) is 11.8 Å². The Labute approximate surface area is 165 Å². The van der Waals surface area contributed by atoms with Crippen molar-refractivity contribution in [3.8, 4) is 11.5 Å². The molecule has 0 N–H and O–H groups in total. The highest BCUT2D eigenvalue weighted by Gasteiger charge is 2.26. The number of likely N-dealkylation sites (tertiary alicyclic amines) is 1. The second-order valence-electron chi connectivity index (χ2n) is 7.51. The molecule has 0 aliphatic carbocycles. The number of hydrogen-bond donors (Lipinski definition) is 0. The number of aromatic nitrogens is 2. The van der Waals surface area contributed by atoms with Gasteiger partial charge in [-0.3, -0.25) is 9.59 Å². The van der Waals surface area contributed by atoms with E-state index in [0.29, 0.717) is 17.7 Å². The molecule has 0 bridgehead atoms. The Balaban J connectivity index is 1.46. The van der Waals surface area contributed by atoms with Crippen molar-refractivity contribution in [3.63, 3.8) is 0 Å². The van der Waals surface area contributed by atoms with Crippen molar-refractivity contribution in [2.75, 3.05) is 13.1 Å². The molecule has 1 atom stereocenters. The SMILES string of the molecule is Cc1ccc(-c2nnc(CCC(=O)OC(C)C(=O)N3CCC(C)CC3)o2)cc1. The first-order chi connectivity index (χ1) is 13.4. The summed E-state index contributed by atoms with van der Waals surface area (Å²) in [7, 11) is 0. The average Bonchev–Trinajstić information content (AvgIpc) is 3.16. The van der Waals surface area contributed by atoms with E-state index in [0.717, 1.165) is 37.1 Å². The van der Waals surface area contributed by atoms with Crippen LogP contribution in [0.2, 0.25) is 0 Å². The molecule has 2 heterocycles. The lowest BCUT2D eigenvalue weighted by Crippen LogP contribution is -2.44. The van der Waals surface area contributed by atoms with E-state index < -0.39 is 12.1 Å². The second kappa shape index (κ2) is 8.99. The van der Waals surface area contributed by atoms with Gasteiger partial charge < -0.3 is 14.1 Å². The number of benzene rings is 1. The number of hydrogen-bond acceptors (Lipinski definition) is 6. The molecule has 1 saturated heterocycles. The van der Waals surface area contributed by atoms with E-state index in [1.807, 2.05) is 31.2 Å². The smallest absolute Gasteiger partial charge is 0.307 e. The number of nitrogens with zero attached hydrogens (tertiary/aromatic N) is 3. The molecule has 1 aromatic heterocycles.